The first-order valence-electron chi connectivity index (χ1n) is 8.69. The molecular formula is C21H31NOS. The topological polar surface area (TPSA) is 36.0 Å². The van der Waals surface area contributed by atoms with Gasteiger partial charge in [0.25, 0.3) is 0 Å². The zero-order chi connectivity index (χ0) is 18.1. The summed E-state index contributed by atoms with van der Waals surface area (Å²) in [4.78, 5) is 3.34. The standard InChI is InChI=1S/C21H31NOS/c1-8-24-18-12-15(13-22-18)9-14-10-16(20(2,3)4)19(23)17(11-14)21(5,6)7/h10-13,22-23H,8-9H2,1-7H3. The molecule has 1 aromatic heterocycles. The number of phenolic OH excluding ortho intramolecular Hbond substituents is 1. The molecule has 1 aromatic carbocycles. The molecule has 2 nitrogen and oxygen atoms in total. The van der Waals surface area contributed by atoms with Gasteiger partial charge in [-0.15, -0.1) is 11.8 Å². The maximum absolute atomic E-state index is 10.8. The zero-order valence-electron chi connectivity index (χ0n) is 16.1. The average Bonchev–Trinajstić information content (AvgIpc) is 2.86. The van der Waals surface area contributed by atoms with Gasteiger partial charge in [0.05, 0.1) is 5.03 Å². The minimum absolute atomic E-state index is 0.0819. The van der Waals surface area contributed by atoms with E-state index in [0.29, 0.717) is 5.75 Å². The van der Waals surface area contributed by atoms with Crippen molar-refractivity contribution in [3.05, 3.63) is 46.6 Å². The first kappa shape index (κ1) is 19.0. The number of aromatic hydroxyl groups is 1. The first-order valence-corrected chi connectivity index (χ1v) is 9.68. The molecule has 2 rings (SSSR count). The Kier molecular flexibility index (Phi) is 5.44. The van der Waals surface area contributed by atoms with Gasteiger partial charge < -0.3 is 10.1 Å². The predicted molar refractivity (Wildman–Crippen MR) is 106 cm³/mol. The van der Waals surface area contributed by atoms with Crippen molar-refractivity contribution in [2.24, 2.45) is 0 Å². The Hall–Kier alpha value is -1.35. The molecular weight excluding hydrogens is 314 g/mol. The number of aromatic nitrogens is 1. The van der Waals surface area contributed by atoms with Gasteiger partial charge in [-0.1, -0.05) is 60.6 Å². The van der Waals surface area contributed by atoms with E-state index in [0.717, 1.165) is 23.3 Å². The van der Waals surface area contributed by atoms with Gasteiger partial charge >= 0.3 is 0 Å². The number of hydrogen-bond donors (Lipinski definition) is 2. The monoisotopic (exact) mass is 345 g/mol. The lowest BCUT2D eigenvalue weighted by Gasteiger charge is -2.28. The van der Waals surface area contributed by atoms with Crippen LogP contribution in [0.15, 0.2) is 29.4 Å². The zero-order valence-corrected chi connectivity index (χ0v) is 16.9. The van der Waals surface area contributed by atoms with Crippen LogP contribution >= 0.6 is 11.8 Å². The minimum atomic E-state index is -0.0819. The highest BCUT2D eigenvalue weighted by molar-refractivity contribution is 7.99. The van der Waals surface area contributed by atoms with Crippen molar-refractivity contribution in [2.45, 2.75) is 70.7 Å². The third-order valence-electron chi connectivity index (χ3n) is 4.21. The molecule has 0 spiro atoms. The molecule has 0 aliphatic rings. The number of H-pyrrole nitrogens is 1. The van der Waals surface area contributed by atoms with Gasteiger partial charge in [-0.05, 0) is 51.3 Å². The van der Waals surface area contributed by atoms with Crippen LogP contribution in [0.4, 0.5) is 0 Å². The molecule has 2 N–H and O–H groups in total. The van der Waals surface area contributed by atoms with Gasteiger partial charge in [0.15, 0.2) is 0 Å². The third-order valence-corrected chi connectivity index (χ3v) is 5.05. The van der Waals surface area contributed by atoms with Crippen LogP contribution in [-0.2, 0) is 17.3 Å². The van der Waals surface area contributed by atoms with Crippen LogP contribution in [-0.4, -0.2) is 15.8 Å². The maximum atomic E-state index is 10.8. The molecule has 3 heteroatoms. The van der Waals surface area contributed by atoms with E-state index in [1.807, 2.05) is 11.8 Å². The van der Waals surface area contributed by atoms with Crippen molar-refractivity contribution >= 4 is 11.8 Å². The van der Waals surface area contributed by atoms with Gasteiger partial charge in [-0.2, -0.15) is 0 Å². The van der Waals surface area contributed by atoms with Gasteiger partial charge in [0, 0.05) is 6.20 Å². The van der Waals surface area contributed by atoms with E-state index in [9.17, 15) is 5.11 Å². The molecule has 0 aliphatic carbocycles. The normalized spacial score (nSPS) is 12.6. The molecule has 0 unspecified atom stereocenters. The molecule has 24 heavy (non-hydrogen) atoms. The summed E-state index contributed by atoms with van der Waals surface area (Å²) in [6.45, 7) is 15.1. The summed E-state index contributed by atoms with van der Waals surface area (Å²) in [5.74, 6) is 1.52. The number of rotatable bonds is 4. The lowest BCUT2D eigenvalue weighted by molar-refractivity contribution is 0.423. The number of benzene rings is 1. The number of thioether (sulfide) groups is 1. The highest BCUT2D eigenvalue weighted by Crippen LogP contribution is 2.40. The van der Waals surface area contributed by atoms with Gasteiger partial charge in [-0.3, -0.25) is 0 Å². The minimum Gasteiger partial charge on any atom is -0.507 e. The second-order valence-electron chi connectivity index (χ2n) is 8.52. The molecule has 0 bridgehead atoms. The van der Waals surface area contributed by atoms with E-state index < -0.39 is 0 Å². The fraction of sp³-hybridized carbons (Fsp3) is 0.524. The number of hydrogen-bond acceptors (Lipinski definition) is 2. The molecule has 0 fully saturated rings. The van der Waals surface area contributed by atoms with E-state index in [1.54, 1.807) is 0 Å². The molecule has 132 valence electrons. The van der Waals surface area contributed by atoms with Crippen LogP contribution in [0.2, 0.25) is 0 Å². The number of phenols is 1. The third kappa shape index (κ3) is 4.38. The highest BCUT2D eigenvalue weighted by Gasteiger charge is 2.26. The summed E-state index contributed by atoms with van der Waals surface area (Å²) < 4.78 is 0. The SMILES string of the molecule is CCSc1cc(Cc2cc(C(C)(C)C)c(O)c(C(C)(C)C)c2)c[nH]1. The number of aromatic amines is 1. The first-order chi connectivity index (χ1) is 11.0. The Labute approximate surface area is 151 Å². The molecule has 0 saturated carbocycles. The quantitative estimate of drug-likeness (QED) is 0.665. The van der Waals surface area contributed by atoms with Crippen LogP contribution in [0.5, 0.6) is 5.75 Å². The van der Waals surface area contributed by atoms with Crippen LogP contribution in [0.25, 0.3) is 0 Å². The maximum Gasteiger partial charge on any atom is 0.123 e. The summed E-state index contributed by atoms with van der Waals surface area (Å²) in [7, 11) is 0. The molecule has 0 aliphatic heterocycles. The van der Waals surface area contributed by atoms with Crippen molar-refractivity contribution in [2.75, 3.05) is 5.75 Å². The fourth-order valence-electron chi connectivity index (χ4n) is 2.93. The summed E-state index contributed by atoms with van der Waals surface area (Å²) in [6, 6.07) is 6.57. The fourth-order valence-corrected chi connectivity index (χ4v) is 3.62. The highest BCUT2D eigenvalue weighted by atomic mass is 32.2. The summed E-state index contributed by atoms with van der Waals surface area (Å²) in [6.07, 6.45) is 2.98. The van der Waals surface area contributed by atoms with E-state index >= 15 is 0 Å². The van der Waals surface area contributed by atoms with E-state index in [1.165, 1.54) is 16.2 Å². The van der Waals surface area contributed by atoms with Crippen LogP contribution in [0.3, 0.4) is 0 Å². The molecule has 0 radical (unpaired) electrons. The second kappa shape index (κ2) is 6.87. The van der Waals surface area contributed by atoms with Crippen LogP contribution < -0.4 is 0 Å². The Morgan fingerprint density at radius 1 is 0.917 bits per heavy atom. The van der Waals surface area contributed by atoms with E-state index in [-0.39, 0.29) is 10.8 Å². The lowest BCUT2D eigenvalue weighted by atomic mass is 9.78. The Morgan fingerprint density at radius 3 is 1.92 bits per heavy atom. The summed E-state index contributed by atoms with van der Waals surface area (Å²) >= 11 is 1.83. The van der Waals surface area contributed by atoms with Gasteiger partial charge in [0.1, 0.15) is 5.75 Å². The largest absolute Gasteiger partial charge is 0.507 e. The Balaban J connectivity index is 2.45. The number of nitrogens with one attached hydrogen (secondary N) is 1. The Bertz CT molecular complexity index is 666. The van der Waals surface area contributed by atoms with Gasteiger partial charge in [-0.25, -0.2) is 0 Å². The second-order valence-corrected chi connectivity index (χ2v) is 9.83. The van der Waals surface area contributed by atoms with E-state index in [2.05, 4.69) is 77.8 Å². The molecule has 1 heterocycles. The van der Waals surface area contributed by atoms with Crippen molar-refractivity contribution in [3.8, 4) is 5.75 Å². The van der Waals surface area contributed by atoms with Crippen LogP contribution in [0, 0.1) is 0 Å². The predicted octanol–water partition coefficient (Wildman–Crippen LogP) is 6.02. The lowest BCUT2D eigenvalue weighted by Crippen LogP contribution is -2.18. The Morgan fingerprint density at radius 2 is 1.46 bits per heavy atom. The summed E-state index contributed by atoms with van der Waals surface area (Å²) in [5, 5.41) is 12.0. The molecule has 0 saturated heterocycles. The van der Waals surface area contributed by atoms with Crippen molar-refractivity contribution in [1.82, 2.24) is 4.98 Å². The smallest absolute Gasteiger partial charge is 0.123 e. The van der Waals surface area contributed by atoms with Crippen molar-refractivity contribution in [1.29, 1.82) is 0 Å². The summed E-state index contributed by atoms with van der Waals surface area (Å²) in [5.41, 5.74) is 4.45. The van der Waals surface area contributed by atoms with Crippen LogP contribution in [0.1, 0.15) is 70.7 Å². The van der Waals surface area contributed by atoms with E-state index in [4.69, 9.17) is 0 Å². The van der Waals surface area contributed by atoms with Gasteiger partial charge in [0.2, 0.25) is 0 Å². The van der Waals surface area contributed by atoms with Crippen molar-refractivity contribution in [3.63, 3.8) is 0 Å². The molecule has 2 aromatic rings. The molecule has 0 atom stereocenters. The average molecular weight is 346 g/mol. The molecule has 0 amide bonds. The van der Waals surface area contributed by atoms with Crippen molar-refractivity contribution < 1.29 is 5.11 Å².